The second-order valence-electron chi connectivity index (χ2n) is 13.9. The Labute approximate surface area is 311 Å². The summed E-state index contributed by atoms with van der Waals surface area (Å²) in [6.07, 6.45) is 0. The number of aromatic nitrogens is 3. The van der Waals surface area contributed by atoms with Gasteiger partial charge in [0.25, 0.3) is 0 Å². The highest BCUT2D eigenvalue weighted by molar-refractivity contribution is 6.25. The van der Waals surface area contributed by atoms with Crippen LogP contribution >= 0.6 is 0 Å². The Morgan fingerprint density at radius 1 is 0.278 bits per heavy atom. The summed E-state index contributed by atoms with van der Waals surface area (Å²) in [4.78, 5) is 15.7. The fourth-order valence-electron chi connectivity index (χ4n) is 8.25. The van der Waals surface area contributed by atoms with E-state index in [1.54, 1.807) is 0 Å². The number of nitrogens with zero attached hydrogens (tertiary/aromatic N) is 3. The molecule has 0 amide bonds. The highest BCUT2D eigenvalue weighted by Crippen LogP contribution is 2.42. The van der Waals surface area contributed by atoms with Crippen molar-refractivity contribution in [1.82, 2.24) is 15.0 Å². The third kappa shape index (κ3) is 4.87. The lowest BCUT2D eigenvalue weighted by Crippen LogP contribution is -1.96. The highest BCUT2D eigenvalue weighted by Gasteiger charge is 2.18. The lowest BCUT2D eigenvalue weighted by Gasteiger charge is -2.16. The maximum Gasteiger partial charge on any atom is 0.160 e. The van der Waals surface area contributed by atoms with Crippen LogP contribution in [0.3, 0.4) is 0 Å². The van der Waals surface area contributed by atoms with Crippen LogP contribution in [0.2, 0.25) is 0 Å². The van der Waals surface area contributed by atoms with Gasteiger partial charge in [0, 0.05) is 38.2 Å². The predicted octanol–water partition coefficient (Wildman–Crippen LogP) is 13.5. The Bertz CT molecular complexity index is 3270. The minimum Gasteiger partial charge on any atom is -0.247 e. The summed E-state index contributed by atoms with van der Waals surface area (Å²) >= 11 is 0. The van der Waals surface area contributed by atoms with Crippen LogP contribution in [0, 0.1) is 0 Å². The Morgan fingerprint density at radius 3 is 1.69 bits per heavy atom. The number of hydrogen-bond donors (Lipinski definition) is 0. The molecule has 2 aromatic heterocycles. The zero-order chi connectivity index (χ0) is 35.6. The fourth-order valence-corrected chi connectivity index (χ4v) is 8.25. The topological polar surface area (TPSA) is 38.7 Å². The van der Waals surface area contributed by atoms with Crippen LogP contribution in [0.15, 0.2) is 188 Å². The van der Waals surface area contributed by atoms with E-state index in [9.17, 15) is 0 Å². The van der Waals surface area contributed by atoms with Gasteiger partial charge in [-0.3, -0.25) is 0 Å². The van der Waals surface area contributed by atoms with E-state index in [1.165, 1.54) is 43.3 Å². The molecule has 2 heterocycles. The second-order valence-corrected chi connectivity index (χ2v) is 13.9. The molecule has 0 aliphatic carbocycles. The normalized spacial score (nSPS) is 11.7. The summed E-state index contributed by atoms with van der Waals surface area (Å²) in [7, 11) is 0. The van der Waals surface area contributed by atoms with E-state index in [0.717, 1.165) is 60.8 Å². The van der Waals surface area contributed by atoms with Crippen LogP contribution < -0.4 is 0 Å². The molecule has 3 nitrogen and oxygen atoms in total. The molecule has 0 atom stereocenters. The molecule has 0 N–H and O–H groups in total. The molecule has 11 rings (SSSR count). The van der Waals surface area contributed by atoms with Crippen molar-refractivity contribution < 1.29 is 0 Å². The van der Waals surface area contributed by atoms with Crippen molar-refractivity contribution in [2.75, 3.05) is 0 Å². The van der Waals surface area contributed by atoms with Crippen molar-refractivity contribution in [3.05, 3.63) is 188 Å². The SMILES string of the molecule is c1ccc2cc(-c3nc4ccccc4c4c3cc(-c3ccc(-c5nc(-c6cccc7ccccc67)c6ccccc6n5)cc3)c3ccccc34)ccc2c1. The molecule has 0 saturated carbocycles. The summed E-state index contributed by atoms with van der Waals surface area (Å²) in [6.45, 7) is 0. The maximum atomic E-state index is 5.34. The highest BCUT2D eigenvalue weighted by atomic mass is 14.9. The largest absolute Gasteiger partial charge is 0.247 e. The first-order valence-corrected chi connectivity index (χ1v) is 18.4. The zero-order valence-corrected chi connectivity index (χ0v) is 29.2. The molecule has 3 heteroatoms. The average molecular weight is 686 g/mol. The second kappa shape index (κ2) is 12.2. The van der Waals surface area contributed by atoms with Gasteiger partial charge >= 0.3 is 0 Å². The number of para-hydroxylation sites is 2. The standard InChI is InChI=1S/C51H31N3/c1-2-14-36-30-37(29-24-32(36)12-1)49-45-31-44(39-17-5-6-18-40(39)48(45)42-19-7-9-22-46(42)52-49)34-25-27-35(28-26-34)51-53-47-23-10-8-20-43(47)50(54-51)41-21-11-15-33-13-3-4-16-38(33)41/h1-31H. The summed E-state index contributed by atoms with van der Waals surface area (Å²) in [5, 5.41) is 11.8. The van der Waals surface area contributed by atoms with Crippen LogP contribution in [-0.4, -0.2) is 15.0 Å². The Kier molecular flexibility index (Phi) is 6.86. The number of pyridine rings is 1. The molecule has 54 heavy (non-hydrogen) atoms. The molecule has 0 aliphatic rings. The van der Waals surface area contributed by atoms with Crippen molar-refractivity contribution >= 4 is 64.9 Å². The lowest BCUT2D eigenvalue weighted by molar-refractivity contribution is 1.23. The zero-order valence-electron chi connectivity index (χ0n) is 29.2. The Hall–Kier alpha value is -7.23. The van der Waals surface area contributed by atoms with Gasteiger partial charge in [0.05, 0.1) is 22.4 Å². The first-order valence-electron chi connectivity index (χ1n) is 18.4. The molecular weight excluding hydrogens is 655 g/mol. The molecule has 0 spiro atoms. The maximum absolute atomic E-state index is 5.34. The van der Waals surface area contributed by atoms with Crippen molar-refractivity contribution in [3.8, 4) is 45.0 Å². The van der Waals surface area contributed by atoms with Gasteiger partial charge in [-0.05, 0) is 67.7 Å². The number of hydrogen-bond acceptors (Lipinski definition) is 3. The number of fused-ring (bicyclic) bond motifs is 8. The first kappa shape index (κ1) is 30.4. The Balaban J connectivity index is 1.10. The van der Waals surface area contributed by atoms with Gasteiger partial charge < -0.3 is 0 Å². The van der Waals surface area contributed by atoms with E-state index in [-0.39, 0.29) is 0 Å². The monoisotopic (exact) mass is 685 g/mol. The summed E-state index contributed by atoms with van der Waals surface area (Å²) in [5.74, 6) is 0.709. The van der Waals surface area contributed by atoms with E-state index in [0.29, 0.717) is 5.82 Å². The molecule has 9 aromatic carbocycles. The number of benzene rings is 9. The van der Waals surface area contributed by atoms with E-state index >= 15 is 0 Å². The van der Waals surface area contributed by atoms with Gasteiger partial charge in [-0.2, -0.15) is 0 Å². The van der Waals surface area contributed by atoms with Crippen molar-refractivity contribution in [2.24, 2.45) is 0 Å². The van der Waals surface area contributed by atoms with Crippen LogP contribution in [0.5, 0.6) is 0 Å². The van der Waals surface area contributed by atoms with Crippen LogP contribution in [-0.2, 0) is 0 Å². The van der Waals surface area contributed by atoms with Gasteiger partial charge in [0.1, 0.15) is 0 Å². The van der Waals surface area contributed by atoms with E-state index in [1.807, 2.05) is 6.07 Å². The smallest absolute Gasteiger partial charge is 0.160 e. The summed E-state index contributed by atoms with van der Waals surface area (Å²) < 4.78 is 0. The van der Waals surface area contributed by atoms with Gasteiger partial charge in [0.15, 0.2) is 5.82 Å². The first-order chi connectivity index (χ1) is 26.8. The van der Waals surface area contributed by atoms with Crippen molar-refractivity contribution in [3.63, 3.8) is 0 Å². The third-order valence-corrected chi connectivity index (χ3v) is 10.8. The quantitative estimate of drug-likeness (QED) is 0.173. The molecule has 0 bridgehead atoms. The molecular formula is C51H31N3. The van der Waals surface area contributed by atoms with Gasteiger partial charge in [-0.15, -0.1) is 0 Å². The number of rotatable bonds is 4. The molecule has 0 saturated heterocycles. The minimum absolute atomic E-state index is 0.709. The van der Waals surface area contributed by atoms with Crippen LogP contribution in [0.1, 0.15) is 0 Å². The average Bonchev–Trinajstić information content (AvgIpc) is 3.25. The molecule has 0 radical (unpaired) electrons. The summed E-state index contributed by atoms with van der Waals surface area (Å²) in [6, 6.07) is 66.8. The van der Waals surface area contributed by atoms with Crippen molar-refractivity contribution in [2.45, 2.75) is 0 Å². The molecule has 0 fully saturated rings. The van der Waals surface area contributed by atoms with Crippen LogP contribution in [0.25, 0.3) is 110 Å². The van der Waals surface area contributed by atoms with Crippen molar-refractivity contribution in [1.29, 1.82) is 0 Å². The molecule has 250 valence electrons. The van der Waals surface area contributed by atoms with Gasteiger partial charge in [-0.25, -0.2) is 15.0 Å². The van der Waals surface area contributed by atoms with Gasteiger partial charge in [0.2, 0.25) is 0 Å². The predicted molar refractivity (Wildman–Crippen MR) is 227 cm³/mol. The third-order valence-electron chi connectivity index (χ3n) is 10.8. The van der Waals surface area contributed by atoms with E-state index in [4.69, 9.17) is 15.0 Å². The van der Waals surface area contributed by atoms with E-state index < -0.39 is 0 Å². The lowest BCUT2D eigenvalue weighted by atomic mass is 9.89. The molecule has 0 aliphatic heterocycles. The van der Waals surface area contributed by atoms with E-state index in [2.05, 4.69) is 182 Å². The fraction of sp³-hybridized carbons (Fsp3) is 0. The van der Waals surface area contributed by atoms with Gasteiger partial charge in [-0.1, -0.05) is 164 Å². The minimum atomic E-state index is 0.709. The molecule has 11 aromatic rings. The summed E-state index contributed by atoms with van der Waals surface area (Å²) in [5.41, 5.74) is 9.34. The van der Waals surface area contributed by atoms with Crippen LogP contribution in [0.4, 0.5) is 0 Å². The molecule has 0 unspecified atom stereocenters. The Morgan fingerprint density at radius 2 is 0.870 bits per heavy atom.